The third-order valence-corrected chi connectivity index (χ3v) is 5.11. The molecule has 2 unspecified atom stereocenters. The van der Waals surface area contributed by atoms with Gasteiger partial charge in [-0.15, -0.1) is 12.4 Å². The van der Waals surface area contributed by atoms with Crippen molar-refractivity contribution in [2.24, 2.45) is 11.7 Å². The number of carbonyl (C=O) groups is 1. The Labute approximate surface area is 148 Å². The van der Waals surface area contributed by atoms with Gasteiger partial charge in [0.2, 0.25) is 5.91 Å². The van der Waals surface area contributed by atoms with Crippen LogP contribution in [0.5, 0.6) is 0 Å². The molecule has 0 saturated heterocycles. The van der Waals surface area contributed by atoms with E-state index in [-0.39, 0.29) is 29.8 Å². The maximum Gasteiger partial charge on any atom is 0.227 e. The van der Waals surface area contributed by atoms with Gasteiger partial charge in [-0.25, -0.2) is 0 Å². The highest BCUT2D eigenvalue weighted by atomic mass is 79.9. The molecule has 1 amide bonds. The van der Waals surface area contributed by atoms with Crippen molar-refractivity contribution in [1.29, 1.82) is 0 Å². The summed E-state index contributed by atoms with van der Waals surface area (Å²) in [5.41, 5.74) is 7.23. The minimum Gasteiger partial charge on any atom is -0.345 e. The van der Waals surface area contributed by atoms with Crippen molar-refractivity contribution in [2.75, 3.05) is 13.6 Å². The molecule has 3 nitrogen and oxygen atoms in total. The van der Waals surface area contributed by atoms with Crippen molar-refractivity contribution >= 4 is 34.2 Å². The number of hydrogen-bond acceptors (Lipinski definition) is 2. The molecular weight excluding hydrogens is 364 g/mol. The zero-order chi connectivity index (χ0) is 15.5. The van der Waals surface area contributed by atoms with Gasteiger partial charge >= 0.3 is 0 Å². The SMILES string of the molecule is CN(CCc1ccc(Br)cc1)C(=O)C1CCCCC1(C)N.Cl. The van der Waals surface area contributed by atoms with E-state index in [1.807, 2.05) is 31.0 Å². The van der Waals surface area contributed by atoms with Crippen molar-refractivity contribution in [2.45, 2.75) is 44.6 Å². The van der Waals surface area contributed by atoms with Crippen LogP contribution in [0.2, 0.25) is 0 Å². The van der Waals surface area contributed by atoms with Crippen molar-refractivity contribution < 1.29 is 4.79 Å². The summed E-state index contributed by atoms with van der Waals surface area (Å²) in [6.07, 6.45) is 5.01. The number of benzene rings is 1. The molecule has 0 radical (unpaired) electrons. The predicted molar refractivity (Wildman–Crippen MR) is 97.3 cm³/mol. The number of likely N-dealkylation sites (N-methyl/N-ethyl adjacent to an activating group) is 1. The topological polar surface area (TPSA) is 46.3 Å². The lowest BCUT2D eigenvalue weighted by molar-refractivity contribution is -0.137. The number of amides is 1. The molecule has 5 heteroatoms. The van der Waals surface area contributed by atoms with Gasteiger partial charge in [-0.2, -0.15) is 0 Å². The molecule has 1 aromatic carbocycles. The summed E-state index contributed by atoms with van der Waals surface area (Å²) < 4.78 is 1.08. The molecule has 1 aliphatic rings. The molecule has 0 aromatic heterocycles. The quantitative estimate of drug-likeness (QED) is 0.852. The van der Waals surface area contributed by atoms with Crippen LogP contribution in [0.3, 0.4) is 0 Å². The third-order valence-electron chi connectivity index (χ3n) is 4.58. The number of rotatable bonds is 4. The minimum absolute atomic E-state index is 0. The van der Waals surface area contributed by atoms with Crippen LogP contribution in [0.1, 0.15) is 38.2 Å². The molecule has 124 valence electrons. The second kappa shape index (κ2) is 8.32. The molecule has 0 spiro atoms. The number of hydrogen-bond donors (Lipinski definition) is 1. The molecule has 2 rings (SSSR count). The van der Waals surface area contributed by atoms with Crippen LogP contribution in [0.25, 0.3) is 0 Å². The summed E-state index contributed by atoms with van der Waals surface area (Å²) in [5, 5.41) is 0. The zero-order valence-corrected chi connectivity index (χ0v) is 15.8. The van der Waals surface area contributed by atoms with E-state index in [9.17, 15) is 4.79 Å². The van der Waals surface area contributed by atoms with Crippen LogP contribution in [0.4, 0.5) is 0 Å². The minimum atomic E-state index is -0.346. The summed E-state index contributed by atoms with van der Waals surface area (Å²) in [6, 6.07) is 8.26. The fourth-order valence-corrected chi connectivity index (χ4v) is 3.35. The van der Waals surface area contributed by atoms with Gasteiger partial charge in [-0.1, -0.05) is 40.9 Å². The Balaban J connectivity index is 0.00000242. The van der Waals surface area contributed by atoms with Crippen molar-refractivity contribution in [3.63, 3.8) is 0 Å². The lowest BCUT2D eigenvalue weighted by atomic mass is 9.74. The second-order valence-electron chi connectivity index (χ2n) is 6.44. The molecule has 1 aromatic rings. The predicted octanol–water partition coefficient (Wildman–Crippen LogP) is 3.78. The number of halogens is 2. The van der Waals surface area contributed by atoms with Gasteiger partial charge in [-0.3, -0.25) is 4.79 Å². The summed E-state index contributed by atoms with van der Waals surface area (Å²) in [5.74, 6) is 0.179. The Hall–Kier alpha value is -0.580. The lowest BCUT2D eigenvalue weighted by Crippen LogP contribution is -2.53. The highest BCUT2D eigenvalue weighted by Gasteiger charge is 2.38. The van der Waals surface area contributed by atoms with Crippen LogP contribution in [-0.2, 0) is 11.2 Å². The van der Waals surface area contributed by atoms with Crippen molar-refractivity contribution in [3.8, 4) is 0 Å². The zero-order valence-electron chi connectivity index (χ0n) is 13.3. The average Bonchev–Trinajstić information content (AvgIpc) is 2.45. The normalized spacial score (nSPS) is 24.5. The Kier molecular flexibility index (Phi) is 7.36. The van der Waals surface area contributed by atoms with E-state index >= 15 is 0 Å². The number of nitrogens with two attached hydrogens (primary N) is 1. The summed E-state index contributed by atoms with van der Waals surface area (Å²) in [7, 11) is 1.89. The molecule has 1 aliphatic carbocycles. The van der Waals surface area contributed by atoms with Crippen LogP contribution < -0.4 is 5.73 Å². The van der Waals surface area contributed by atoms with Gasteiger partial charge in [-0.05, 0) is 43.9 Å². The van der Waals surface area contributed by atoms with E-state index in [0.717, 1.165) is 43.1 Å². The fourth-order valence-electron chi connectivity index (χ4n) is 3.09. The first kappa shape index (κ1) is 19.5. The smallest absolute Gasteiger partial charge is 0.227 e. The lowest BCUT2D eigenvalue weighted by Gasteiger charge is -2.39. The molecule has 0 bridgehead atoms. The molecule has 2 atom stereocenters. The van der Waals surface area contributed by atoms with Crippen LogP contribution >= 0.6 is 28.3 Å². The largest absolute Gasteiger partial charge is 0.345 e. The molecular formula is C17H26BrClN2O. The average molecular weight is 390 g/mol. The molecule has 22 heavy (non-hydrogen) atoms. The van der Waals surface area contributed by atoms with E-state index in [4.69, 9.17) is 5.73 Å². The van der Waals surface area contributed by atoms with Gasteiger partial charge < -0.3 is 10.6 Å². The third kappa shape index (κ3) is 4.97. The second-order valence-corrected chi connectivity index (χ2v) is 7.36. The molecule has 2 N–H and O–H groups in total. The van der Waals surface area contributed by atoms with Gasteiger partial charge in [0.25, 0.3) is 0 Å². The first-order valence-electron chi connectivity index (χ1n) is 7.68. The molecule has 1 saturated carbocycles. The maximum absolute atomic E-state index is 12.6. The van der Waals surface area contributed by atoms with E-state index in [0.29, 0.717) is 0 Å². The van der Waals surface area contributed by atoms with Gasteiger partial charge in [0.15, 0.2) is 0 Å². The highest BCUT2D eigenvalue weighted by molar-refractivity contribution is 9.10. The Bertz CT molecular complexity index is 490. The first-order valence-corrected chi connectivity index (χ1v) is 8.48. The Morgan fingerprint density at radius 2 is 2.00 bits per heavy atom. The van der Waals surface area contributed by atoms with E-state index in [1.165, 1.54) is 5.56 Å². The Morgan fingerprint density at radius 1 is 1.36 bits per heavy atom. The van der Waals surface area contributed by atoms with Crippen LogP contribution in [0.15, 0.2) is 28.7 Å². The molecule has 1 fully saturated rings. The van der Waals surface area contributed by atoms with Crippen molar-refractivity contribution in [3.05, 3.63) is 34.3 Å². The van der Waals surface area contributed by atoms with Crippen LogP contribution in [0, 0.1) is 5.92 Å². The summed E-state index contributed by atoms with van der Waals surface area (Å²) >= 11 is 3.43. The Morgan fingerprint density at radius 3 is 2.59 bits per heavy atom. The van der Waals surface area contributed by atoms with E-state index in [2.05, 4.69) is 28.1 Å². The van der Waals surface area contributed by atoms with Crippen LogP contribution in [-0.4, -0.2) is 29.9 Å². The monoisotopic (exact) mass is 388 g/mol. The highest BCUT2D eigenvalue weighted by Crippen LogP contribution is 2.32. The molecule has 0 heterocycles. The number of nitrogens with zero attached hydrogens (tertiary/aromatic N) is 1. The summed E-state index contributed by atoms with van der Waals surface area (Å²) in [4.78, 5) is 14.5. The van der Waals surface area contributed by atoms with E-state index in [1.54, 1.807) is 0 Å². The van der Waals surface area contributed by atoms with Gasteiger partial charge in [0.1, 0.15) is 0 Å². The number of carbonyl (C=O) groups excluding carboxylic acids is 1. The van der Waals surface area contributed by atoms with E-state index < -0.39 is 0 Å². The maximum atomic E-state index is 12.6. The van der Waals surface area contributed by atoms with Gasteiger partial charge in [0.05, 0.1) is 5.92 Å². The standard InChI is InChI=1S/C17H25BrN2O.ClH/c1-17(19)11-4-3-5-15(17)16(21)20(2)12-10-13-6-8-14(18)9-7-13;/h6-9,15H,3-5,10-12,19H2,1-2H3;1H. The first-order chi connectivity index (χ1) is 9.90. The van der Waals surface area contributed by atoms with Gasteiger partial charge in [0, 0.05) is 23.6 Å². The van der Waals surface area contributed by atoms with Crippen molar-refractivity contribution in [1.82, 2.24) is 4.90 Å². The molecule has 0 aliphatic heterocycles. The summed E-state index contributed by atoms with van der Waals surface area (Å²) in [6.45, 7) is 2.77. The fraction of sp³-hybridized carbons (Fsp3) is 0.588.